The van der Waals surface area contributed by atoms with Gasteiger partial charge in [-0.3, -0.25) is 0 Å². The first-order valence-electron chi connectivity index (χ1n) is 5.42. The van der Waals surface area contributed by atoms with E-state index in [1.54, 1.807) is 6.92 Å². The molecule has 0 saturated carbocycles. The largest absolute Gasteiger partial charge is 0.389 e. The van der Waals surface area contributed by atoms with Gasteiger partial charge in [0.05, 0.1) is 6.10 Å². The molecule has 1 atom stereocenters. The summed E-state index contributed by atoms with van der Waals surface area (Å²) >= 11 is 0. The second kappa shape index (κ2) is 7.41. The van der Waals surface area contributed by atoms with Crippen LogP contribution >= 0.6 is 0 Å². The monoisotopic (exact) mass is 210 g/mol. The number of carbonyl (C=O) groups is 1. The zero-order chi connectivity index (χ0) is 11.8. The molecular weight excluding hydrogens is 188 g/mol. The van der Waals surface area contributed by atoms with Gasteiger partial charge in [0.2, 0.25) is 0 Å². The van der Waals surface area contributed by atoms with Gasteiger partial charge >= 0.3 is 0 Å². The van der Waals surface area contributed by atoms with Crippen molar-refractivity contribution in [1.29, 1.82) is 0 Å². The lowest BCUT2D eigenvalue weighted by atomic mass is 10.0. The Morgan fingerprint density at radius 2 is 1.93 bits per heavy atom. The highest BCUT2D eigenvalue weighted by molar-refractivity contribution is 5.75. The van der Waals surface area contributed by atoms with Gasteiger partial charge in [0, 0.05) is 6.42 Å². The van der Waals surface area contributed by atoms with Crippen molar-refractivity contribution < 1.29 is 9.90 Å². The number of hydrogen-bond donors (Lipinski definition) is 1. The maximum Gasteiger partial charge on any atom is 0.130 e. The highest BCUT2D eigenvalue weighted by Crippen LogP contribution is 2.12. The molecule has 0 aliphatic heterocycles. The van der Waals surface area contributed by atoms with Gasteiger partial charge in [0.15, 0.2) is 0 Å². The molecule has 1 N–H and O–H groups in total. The molecule has 15 heavy (non-hydrogen) atoms. The summed E-state index contributed by atoms with van der Waals surface area (Å²) in [7, 11) is 0. The number of hydrogen-bond acceptors (Lipinski definition) is 2. The number of aliphatic hydroxyl groups excluding tert-OH is 1. The van der Waals surface area contributed by atoms with Gasteiger partial charge in [0.25, 0.3) is 0 Å². The van der Waals surface area contributed by atoms with E-state index >= 15 is 0 Å². The van der Waals surface area contributed by atoms with Crippen LogP contribution in [0.15, 0.2) is 23.8 Å². The molecule has 0 fully saturated rings. The Balaban J connectivity index is 3.77. The van der Waals surface area contributed by atoms with E-state index < -0.39 is 6.10 Å². The van der Waals surface area contributed by atoms with Crippen LogP contribution < -0.4 is 0 Å². The lowest BCUT2D eigenvalue weighted by Gasteiger charge is -2.09. The third kappa shape index (κ3) is 8.13. The summed E-state index contributed by atoms with van der Waals surface area (Å²) in [5, 5.41) is 9.51. The second-order valence-electron chi connectivity index (χ2n) is 4.19. The second-order valence-corrected chi connectivity index (χ2v) is 4.19. The fraction of sp³-hybridized carbons (Fsp3) is 0.615. The van der Waals surface area contributed by atoms with Gasteiger partial charge in [-0.05, 0) is 40.0 Å². The highest BCUT2D eigenvalue weighted by Gasteiger charge is 2.03. The predicted molar refractivity (Wildman–Crippen MR) is 63.7 cm³/mol. The van der Waals surface area contributed by atoms with Crippen molar-refractivity contribution in [1.82, 2.24) is 0 Å². The molecule has 2 heteroatoms. The van der Waals surface area contributed by atoms with Crippen LogP contribution in [0.3, 0.4) is 0 Å². The Labute approximate surface area is 92.7 Å². The predicted octanol–water partition coefficient (Wildman–Crippen LogP) is 3.02. The molecular formula is C13H22O2. The van der Waals surface area contributed by atoms with E-state index in [9.17, 15) is 9.90 Å². The van der Waals surface area contributed by atoms with Crippen molar-refractivity contribution in [2.24, 2.45) is 0 Å². The van der Waals surface area contributed by atoms with E-state index in [1.165, 1.54) is 5.57 Å². The molecule has 86 valence electrons. The summed E-state index contributed by atoms with van der Waals surface area (Å²) in [4.78, 5) is 10.7. The van der Waals surface area contributed by atoms with E-state index in [0.717, 1.165) is 24.8 Å². The molecule has 0 aromatic heterocycles. The zero-order valence-corrected chi connectivity index (χ0v) is 10.0. The van der Waals surface area contributed by atoms with Crippen molar-refractivity contribution >= 4 is 5.78 Å². The van der Waals surface area contributed by atoms with E-state index in [0.29, 0.717) is 6.42 Å². The van der Waals surface area contributed by atoms with Gasteiger partial charge in [-0.2, -0.15) is 0 Å². The average Bonchev–Trinajstić information content (AvgIpc) is 2.13. The summed E-state index contributed by atoms with van der Waals surface area (Å²) in [6.07, 6.45) is 4.68. The summed E-state index contributed by atoms with van der Waals surface area (Å²) in [5.74, 6) is 0.223. The van der Waals surface area contributed by atoms with E-state index in [1.807, 2.05) is 13.8 Å². The minimum absolute atomic E-state index is 0.223. The van der Waals surface area contributed by atoms with Crippen molar-refractivity contribution in [2.75, 3.05) is 0 Å². The molecule has 0 bridgehead atoms. The molecule has 0 aromatic rings. The molecule has 0 saturated heterocycles. The first-order valence-corrected chi connectivity index (χ1v) is 5.42. The molecule has 0 heterocycles. The molecule has 0 radical (unpaired) electrons. The van der Waals surface area contributed by atoms with Gasteiger partial charge in [-0.15, -0.1) is 0 Å². The molecule has 2 nitrogen and oxygen atoms in total. The third-order valence-corrected chi connectivity index (χ3v) is 2.37. The first kappa shape index (κ1) is 14.1. The lowest BCUT2D eigenvalue weighted by Crippen LogP contribution is -2.06. The average molecular weight is 210 g/mol. The normalized spacial score (nSPS) is 13.7. The smallest absolute Gasteiger partial charge is 0.130 e. The van der Waals surface area contributed by atoms with Gasteiger partial charge in [-0.25, -0.2) is 0 Å². The number of Topliss-reactive ketones (excluding diaryl/α,β-unsaturated/α-hetero) is 1. The maximum absolute atomic E-state index is 10.7. The van der Waals surface area contributed by atoms with E-state index in [-0.39, 0.29) is 5.78 Å². The topological polar surface area (TPSA) is 37.3 Å². The van der Waals surface area contributed by atoms with Crippen LogP contribution in [0.2, 0.25) is 0 Å². The van der Waals surface area contributed by atoms with E-state index in [2.05, 4.69) is 12.7 Å². The van der Waals surface area contributed by atoms with Crippen molar-refractivity contribution in [3.8, 4) is 0 Å². The van der Waals surface area contributed by atoms with Gasteiger partial charge in [0.1, 0.15) is 5.78 Å². The fourth-order valence-corrected chi connectivity index (χ4v) is 1.23. The number of aliphatic hydroxyl groups is 1. The molecule has 1 unspecified atom stereocenters. The number of ketones is 1. The van der Waals surface area contributed by atoms with Crippen LogP contribution in [-0.4, -0.2) is 17.0 Å². The Morgan fingerprint density at radius 1 is 1.33 bits per heavy atom. The fourth-order valence-electron chi connectivity index (χ4n) is 1.23. The molecule has 0 rings (SSSR count). The van der Waals surface area contributed by atoms with Gasteiger partial charge < -0.3 is 9.90 Å². The van der Waals surface area contributed by atoms with Gasteiger partial charge in [-0.1, -0.05) is 23.8 Å². The third-order valence-electron chi connectivity index (χ3n) is 2.37. The van der Waals surface area contributed by atoms with Crippen LogP contribution in [-0.2, 0) is 4.79 Å². The standard InChI is InChI=1S/C13H22O2/c1-10(2)13(15)9-8-11(3)6-5-7-12(4)14/h6,13,15H,1,5,7-9H2,2-4H3/b11-6+. The van der Waals surface area contributed by atoms with Crippen LogP contribution in [0.1, 0.15) is 46.5 Å². The van der Waals surface area contributed by atoms with Crippen LogP contribution in [0, 0.1) is 0 Å². The zero-order valence-electron chi connectivity index (χ0n) is 10.0. The van der Waals surface area contributed by atoms with Crippen molar-refractivity contribution in [3.05, 3.63) is 23.8 Å². The van der Waals surface area contributed by atoms with Crippen LogP contribution in [0.25, 0.3) is 0 Å². The van der Waals surface area contributed by atoms with E-state index in [4.69, 9.17) is 0 Å². The molecule has 0 aliphatic rings. The minimum atomic E-state index is -0.402. The Hall–Kier alpha value is -0.890. The molecule has 0 aromatic carbocycles. The minimum Gasteiger partial charge on any atom is -0.389 e. The van der Waals surface area contributed by atoms with Crippen LogP contribution in [0.4, 0.5) is 0 Å². The van der Waals surface area contributed by atoms with Crippen molar-refractivity contribution in [2.45, 2.75) is 52.6 Å². The molecule has 0 aliphatic carbocycles. The summed E-state index contributed by atoms with van der Waals surface area (Å²) in [5.41, 5.74) is 2.04. The van der Waals surface area contributed by atoms with Crippen molar-refractivity contribution in [3.63, 3.8) is 0 Å². The summed E-state index contributed by atoms with van der Waals surface area (Å²) < 4.78 is 0. The summed E-state index contributed by atoms with van der Waals surface area (Å²) in [6, 6.07) is 0. The number of allylic oxidation sites excluding steroid dienone is 2. The molecule has 0 amide bonds. The SMILES string of the molecule is C=C(C)C(O)CC/C(C)=C/CCC(C)=O. The maximum atomic E-state index is 10.7. The quantitative estimate of drug-likeness (QED) is 0.656. The number of rotatable bonds is 7. The Bertz CT molecular complexity index is 251. The Morgan fingerprint density at radius 3 is 2.40 bits per heavy atom. The highest BCUT2D eigenvalue weighted by atomic mass is 16.3. The van der Waals surface area contributed by atoms with Crippen LogP contribution in [0.5, 0.6) is 0 Å². The lowest BCUT2D eigenvalue weighted by molar-refractivity contribution is -0.116. The molecule has 0 spiro atoms. The Kier molecular flexibility index (Phi) is 6.97. The summed E-state index contributed by atoms with van der Waals surface area (Å²) in [6.45, 7) is 9.18. The first-order chi connectivity index (χ1) is 6.93. The number of carbonyl (C=O) groups excluding carboxylic acids is 1.